The summed E-state index contributed by atoms with van der Waals surface area (Å²) in [4.78, 5) is 61.8. The first kappa shape index (κ1) is 27.7. The summed E-state index contributed by atoms with van der Waals surface area (Å²) in [5.41, 5.74) is 5.83. The number of carbonyl (C=O) groups excluding carboxylic acids is 3. The Morgan fingerprint density at radius 1 is 1.12 bits per heavy atom. The van der Waals surface area contributed by atoms with Gasteiger partial charge in [0.1, 0.15) is 18.1 Å². The molecule has 0 aromatic carbocycles. The van der Waals surface area contributed by atoms with Crippen molar-refractivity contribution in [1.29, 1.82) is 0 Å². The molecule has 0 radical (unpaired) electrons. The topological polar surface area (TPSA) is 179 Å². The van der Waals surface area contributed by atoms with Crippen molar-refractivity contribution in [1.82, 2.24) is 15.5 Å². The molecule has 1 rings (SSSR count). The fourth-order valence-electron chi connectivity index (χ4n) is 3.46. The van der Waals surface area contributed by atoms with E-state index in [0.717, 1.165) is 0 Å². The number of amides is 3. The fourth-order valence-corrected chi connectivity index (χ4v) is 3.93. The zero-order valence-electron chi connectivity index (χ0n) is 18.7. The Balaban J connectivity index is 2.87. The minimum absolute atomic E-state index is 0.0382. The normalized spacial score (nSPS) is 18.7. The van der Waals surface area contributed by atoms with Crippen molar-refractivity contribution in [3.63, 3.8) is 0 Å². The maximum Gasteiger partial charge on any atom is 0.326 e. The number of carboxylic acid groups (broad SMARTS) is 2. The smallest absolute Gasteiger partial charge is 0.326 e. The number of nitrogens with one attached hydrogen (secondary N) is 2. The van der Waals surface area contributed by atoms with Crippen LogP contribution in [0.1, 0.15) is 46.0 Å². The summed E-state index contributed by atoms with van der Waals surface area (Å²) in [6.45, 7) is 3.65. The molecule has 0 spiro atoms. The Labute approximate surface area is 191 Å². The summed E-state index contributed by atoms with van der Waals surface area (Å²) in [5.74, 6) is -3.62. The summed E-state index contributed by atoms with van der Waals surface area (Å²) in [6.07, 6.45) is 2.82. The van der Waals surface area contributed by atoms with Crippen LogP contribution in [0, 0.1) is 5.92 Å². The molecule has 0 aromatic heterocycles. The van der Waals surface area contributed by atoms with Gasteiger partial charge in [-0.2, -0.15) is 11.8 Å². The molecular formula is C20H34N4O7S. The molecule has 4 unspecified atom stereocenters. The lowest BCUT2D eigenvalue weighted by Gasteiger charge is -2.29. The van der Waals surface area contributed by atoms with Crippen LogP contribution in [0.25, 0.3) is 0 Å². The zero-order valence-corrected chi connectivity index (χ0v) is 19.5. The monoisotopic (exact) mass is 474 g/mol. The summed E-state index contributed by atoms with van der Waals surface area (Å²) >= 11 is 1.48. The Kier molecular flexibility index (Phi) is 11.5. The second kappa shape index (κ2) is 13.3. The number of hydrogen-bond donors (Lipinski definition) is 5. The lowest BCUT2D eigenvalue weighted by Crippen LogP contribution is -2.57. The van der Waals surface area contributed by atoms with Crippen LogP contribution in [-0.2, 0) is 24.0 Å². The number of likely N-dealkylation sites (tertiary alicyclic amines) is 1. The molecule has 1 aliphatic rings. The third-order valence-corrected chi connectivity index (χ3v) is 5.94. The van der Waals surface area contributed by atoms with Gasteiger partial charge in [0.15, 0.2) is 0 Å². The van der Waals surface area contributed by atoms with Crippen LogP contribution in [0.3, 0.4) is 0 Å². The highest BCUT2D eigenvalue weighted by Crippen LogP contribution is 2.20. The van der Waals surface area contributed by atoms with Gasteiger partial charge in [0.2, 0.25) is 17.7 Å². The van der Waals surface area contributed by atoms with Crippen LogP contribution in [-0.4, -0.2) is 87.5 Å². The third-order valence-electron chi connectivity index (χ3n) is 5.30. The molecule has 3 amide bonds. The Morgan fingerprint density at radius 2 is 1.78 bits per heavy atom. The zero-order chi connectivity index (χ0) is 24.4. The number of nitrogens with two attached hydrogens (primary N) is 1. The minimum atomic E-state index is -1.16. The maximum atomic E-state index is 12.9. The first-order valence-corrected chi connectivity index (χ1v) is 12.0. The number of aliphatic carboxylic acids is 2. The molecule has 1 aliphatic heterocycles. The van der Waals surface area contributed by atoms with Gasteiger partial charge in [0.25, 0.3) is 0 Å². The first-order chi connectivity index (χ1) is 15.0. The molecule has 32 heavy (non-hydrogen) atoms. The van der Waals surface area contributed by atoms with E-state index < -0.39 is 53.8 Å². The van der Waals surface area contributed by atoms with E-state index in [1.165, 1.54) is 16.7 Å². The fraction of sp³-hybridized carbons (Fsp3) is 0.750. The SMILES string of the molecule is CSCCC(NC(=O)C1CCCN1C(=O)C(N)CCC(=O)O)C(=O)NC(C(=O)O)C(C)C. The average molecular weight is 475 g/mol. The molecule has 11 nitrogen and oxygen atoms in total. The third kappa shape index (κ3) is 8.30. The Hall–Kier alpha value is -2.34. The quantitative estimate of drug-likeness (QED) is 0.238. The lowest BCUT2D eigenvalue weighted by molar-refractivity contribution is -0.144. The van der Waals surface area contributed by atoms with Gasteiger partial charge in [0, 0.05) is 13.0 Å². The highest BCUT2D eigenvalue weighted by atomic mass is 32.2. The molecule has 12 heteroatoms. The van der Waals surface area contributed by atoms with Gasteiger partial charge in [-0.05, 0) is 43.6 Å². The molecular weight excluding hydrogens is 440 g/mol. The summed E-state index contributed by atoms with van der Waals surface area (Å²) in [6, 6.07) is -3.89. The number of hydrogen-bond acceptors (Lipinski definition) is 7. The van der Waals surface area contributed by atoms with Crippen molar-refractivity contribution in [2.24, 2.45) is 11.7 Å². The Morgan fingerprint density at radius 3 is 2.31 bits per heavy atom. The van der Waals surface area contributed by atoms with Crippen molar-refractivity contribution in [2.75, 3.05) is 18.6 Å². The predicted molar refractivity (Wildman–Crippen MR) is 119 cm³/mol. The molecule has 1 saturated heterocycles. The largest absolute Gasteiger partial charge is 0.481 e. The summed E-state index contributed by atoms with van der Waals surface area (Å²) < 4.78 is 0. The van der Waals surface area contributed by atoms with Crippen LogP contribution in [0.15, 0.2) is 0 Å². The lowest BCUT2D eigenvalue weighted by atomic mass is 10.0. The number of rotatable bonds is 13. The number of thioether (sulfide) groups is 1. The number of carboxylic acids is 2. The molecule has 6 N–H and O–H groups in total. The summed E-state index contributed by atoms with van der Waals surface area (Å²) in [7, 11) is 0. The van der Waals surface area contributed by atoms with E-state index in [4.69, 9.17) is 10.8 Å². The second-order valence-electron chi connectivity index (χ2n) is 8.14. The standard InChI is InChI=1S/C20H34N4O7S/c1-11(2)16(20(30)31)23-17(27)13(8-10-32-3)22-18(28)14-5-4-9-24(14)19(29)12(21)6-7-15(25)26/h11-14,16H,4-10,21H2,1-3H3,(H,22,28)(H,23,27)(H,25,26)(H,30,31). The van der Waals surface area contributed by atoms with Crippen molar-refractivity contribution in [2.45, 2.75) is 70.1 Å². The molecule has 0 saturated carbocycles. The van der Waals surface area contributed by atoms with Crippen molar-refractivity contribution in [3.8, 4) is 0 Å². The second-order valence-corrected chi connectivity index (χ2v) is 9.13. The van der Waals surface area contributed by atoms with Crippen molar-refractivity contribution >= 4 is 41.4 Å². The molecule has 182 valence electrons. The predicted octanol–water partition coefficient (Wildman–Crippen LogP) is -0.367. The van der Waals surface area contributed by atoms with Crippen LogP contribution < -0.4 is 16.4 Å². The van der Waals surface area contributed by atoms with Crippen molar-refractivity contribution in [3.05, 3.63) is 0 Å². The number of carbonyl (C=O) groups is 5. The molecule has 0 aromatic rings. The van der Waals surface area contributed by atoms with E-state index in [1.54, 1.807) is 13.8 Å². The van der Waals surface area contributed by atoms with E-state index in [1.807, 2.05) is 6.26 Å². The van der Waals surface area contributed by atoms with Gasteiger partial charge < -0.3 is 31.5 Å². The molecule has 4 atom stereocenters. The van der Waals surface area contributed by atoms with Gasteiger partial charge >= 0.3 is 11.9 Å². The van der Waals surface area contributed by atoms with E-state index in [-0.39, 0.29) is 18.8 Å². The van der Waals surface area contributed by atoms with E-state index >= 15 is 0 Å². The molecule has 0 aliphatic carbocycles. The van der Waals surface area contributed by atoms with Gasteiger partial charge in [-0.1, -0.05) is 13.8 Å². The van der Waals surface area contributed by atoms with Crippen LogP contribution >= 0.6 is 11.8 Å². The maximum absolute atomic E-state index is 12.9. The van der Waals surface area contributed by atoms with E-state index in [0.29, 0.717) is 31.6 Å². The Bertz CT molecular complexity index is 703. The highest BCUT2D eigenvalue weighted by molar-refractivity contribution is 7.98. The van der Waals surface area contributed by atoms with Gasteiger partial charge in [-0.25, -0.2) is 4.79 Å². The first-order valence-electron chi connectivity index (χ1n) is 10.6. The van der Waals surface area contributed by atoms with Gasteiger partial charge in [-0.15, -0.1) is 0 Å². The molecule has 0 bridgehead atoms. The van der Waals surface area contributed by atoms with Crippen LogP contribution in [0.4, 0.5) is 0 Å². The average Bonchev–Trinajstić information content (AvgIpc) is 3.21. The van der Waals surface area contributed by atoms with Crippen LogP contribution in [0.2, 0.25) is 0 Å². The van der Waals surface area contributed by atoms with E-state index in [2.05, 4.69) is 10.6 Å². The van der Waals surface area contributed by atoms with Gasteiger partial charge in [0.05, 0.1) is 6.04 Å². The minimum Gasteiger partial charge on any atom is -0.481 e. The molecule has 1 heterocycles. The number of nitrogens with zero attached hydrogens (tertiary/aromatic N) is 1. The molecule has 1 fully saturated rings. The van der Waals surface area contributed by atoms with Gasteiger partial charge in [-0.3, -0.25) is 19.2 Å². The van der Waals surface area contributed by atoms with Crippen LogP contribution in [0.5, 0.6) is 0 Å². The summed E-state index contributed by atoms with van der Waals surface area (Å²) in [5, 5.41) is 23.3. The van der Waals surface area contributed by atoms with Crippen molar-refractivity contribution < 1.29 is 34.2 Å². The highest BCUT2D eigenvalue weighted by Gasteiger charge is 2.38. The van der Waals surface area contributed by atoms with E-state index in [9.17, 15) is 29.1 Å².